The van der Waals surface area contributed by atoms with E-state index < -0.39 is 11.7 Å². The van der Waals surface area contributed by atoms with Crippen LogP contribution in [-0.4, -0.2) is 112 Å². The molecule has 15 aromatic rings. The van der Waals surface area contributed by atoms with Crippen LogP contribution in [0, 0.1) is 32.4 Å². The number of aromatic hydroxyl groups is 3. The minimum Gasteiger partial charge on any atom is -0.504 e. The maximum absolute atomic E-state index is 13.4. The van der Waals surface area contributed by atoms with Gasteiger partial charge in [-0.25, -0.2) is 8.78 Å². The van der Waals surface area contributed by atoms with E-state index in [0.29, 0.717) is 92.0 Å². The number of phenols is 3. The zero-order valence-corrected chi connectivity index (χ0v) is 69.9. The third kappa shape index (κ3) is 29.0. The molecule has 0 radical (unpaired) electrons. The van der Waals surface area contributed by atoms with Crippen molar-refractivity contribution in [3.05, 3.63) is 366 Å². The number of aryl methyl sites for hydroxylation is 3. The molecule has 15 rings (SSSR count). The van der Waals surface area contributed by atoms with Crippen LogP contribution in [-0.2, 0) is 13.1 Å². The SMILES string of the molecule is C.C.C.C.C.COc1cc(-c2cncc(C(=O)Nc3cc(F)ccc3C)c2)ccc1O.COc1cc(-c2cncc(C(=O)Nc3ccc(F)cc3C)c2)ccc1O.COc1cc(-c2cncc(C(=O)Nc3ccccc3C)c2)ccc1O.COc1ccc(CNC(=O)c2cncc(-c3cccc(OC)c3)c2)cc1.COc1cccc(-c2cncc(C(=O)NCc3ccco3)c2)c1. The molecule has 0 bridgehead atoms. The van der Waals surface area contributed by atoms with E-state index in [1.807, 2.05) is 116 Å². The minimum absolute atomic E-state index is 0. The van der Waals surface area contributed by atoms with Crippen LogP contribution < -0.4 is 55.0 Å². The molecule has 0 saturated carbocycles. The zero-order chi connectivity index (χ0) is 89.6. The smallest absolute Gasteiger partial charge is 0.257 e. The Morgan fingerprint density at radius 2 is 0.664 bits per heavy atom. The van der Waals surface area contributed by atoms with Gasteiger partial charge < -0.3 is 74.7 Å². The highest BCUT2D eigenvalue weighted by atomic mass is 19.1. The number of phenolic OH excluding ortho intramolecular Hbond substituents is 3. The Hall–Kier alpha value is -16.6. The third-order valence-electron chi connectivity index (χ3n) is 19.2. The van der Waals surface area contributed by atoms with E-state index >= 15 is 0 Å². The van der Waals surface area contributed by atoms with Gasteiger partial charge >= 0.3 is 0 Å². The predicted molar refractivity (Wildman–Crippen MR) is 511 cm³/mol. The molecule has 0 aliphatic heterocycles. The Labute approximate surface area is 762 Å². The van der Waals surface area contributed by atoms with Crippen molar-refractivity contribution in [3.8, 4) is 107 Å². The molecule has 0 fully saturated rings. The summed E-state index contributed by atoms with van der Waals surface area (Å²) in [5.41, 5.74) is 15.3. The number of nitrogens with one attached hydrogen (secondary N) is 5. The summed E-state index contributed by atoms with van der Waals surface area (Å²) in [6.45, 7) is 6.22. The van der Waals surface area contributed by atoms with Crippen LogP contribution in [0.25, 0.3) is 55.6 Å². The molecular weight excluding hydrogens is 1670 g/mol. The molecule has 27 heteroatoms. The number of benzene rings is 9. The van der Waals surface area contributed by atoms with Crippen molar-refractivity contribution in [1.82, 2.24) is 35.6 Å². The number of hydrogen-bond donors (Lipinski definition) is 8. The molecule has 0 unspecified atom stereocenters. The van der Waals surface area contributed by atoms with Crippen LogP contribution in [0.5, 0.6) is 51.7 Å². The van der Waals surface area contributed by atoms with Gasteiger partial charge in [-0.2, -0.15) is 0 Å². The first-order chi connectivity index (χ1) is 61.0. The lowest BCUT2D eigenvalue weighted by Gasteiger charge is -2.10. The first-order valence-electron chi connectivity index (χ1n) is 38.9. The van der Waals surface area contributed by atoms with E-state index in [2.05, 4.69) is 51.5 Å². The van der Waals surface area contributed by atoms with Gasteiger partial charge in [-0.3, -0.25) is 48.9 Å². The number of carbonyl (C=O) groups excluding carboxylic acids is 5. The lowest BCUT2D eigenvalue weighted by atomic mass is 10.0. The maximum atomic E-state index is 13.4. The molecule has 0 saturated heterocycles. The highest BCUT2D eigenvalue weighted by Gasteiger charge is 2.18. The van der Waals surface area contributed by atoms with Crippen LogP contribution in [0.15, 0.2) is 303 Å². The van der Waals surface area contributed by atoms with Gasteiger partial charge in [0.1, 0.15) is 34.6 Å². The lowest BCUT2D eigenvalue weighted by Crippen LogP contribution is -2.22. The summed E-state index contributed by atoms with van der Waals surface area (Å²) in [4.78, 5) is 82.9. The van der Waals surface area contributed by atoms with Crippen molar-refractivity contribution < 1.29 is 80.9 Å². The number of amides is 5. The molecule has 6 aromatic heterocycles. The summed E-state index contributed by atoms with van der Waals surface area (Å²) in [7, 11) is 9.28. The summed E-state index contributed by atoms with van der Waals surface area (Å²) in [5.74, 6) is 2.05. The van der Waals surface area contributed by atoms with Gasteiger partial charge in [-0.1, -0.05) is 116 Å². The van der Waals surface area contributed by atoms with Crippen molar-refractivity contribution in [2.45, 2.75) is 71.0 Å². The molecule has 5 amide bonds. The second-order valence-corrected chi connectivity index (χ2v) is 27.8. The van der Waals surface area contributed by atoms with Crippen molar-refractivity contribution in [2.75, 3.05) is 58.6 Å². The van der Waals surface area contributed by atoms with Crippen molar-refractivity contribution in [1.29, 1.82) is 0 Å². The molecule has 0 spiro atoms. The number of hydrogen-bond acceptors (Lipinski definition) is 20. The Morgan fingerprint density at radius 1 is 0.305 bits per heavy atom. The van der Waals surface area contributed by atoms with Gasteiger partial charge in [-0.05, 0) is 223 Å². The lowest BCUT2D eigenvalue weighted by molar-refractivity contribution is 0.0941. The maximum Gasteiger partial charge on any atom is 0.257 e. The van der Waals surface area contributed by atoms with E-state index in [9.17, 15) is 48.1 Å². The number of carbonyl (C=O) groups is 5. The zero-order valence-electron chi connectivity index (χ0n) is 69.9. The van der Waals surface area contributed by atoms with Gasteiger partial charge in [0.05, 0.1) is 83.3 Å². The number of rotatable bonds is 23. The molecule has 25 nitrogen and oxygen atoms in total. The van der Waals surface area contributed by atoms with Crippen LogP contribution >= 0.6 is 0 Å². The summed E-state index contributed by atoms with van der Waals surface area (Å²) in [6.07, 6.45) is 17.4. The fraction of sp³-hybridized carbons (Fsp3) is 0.154. The number of aromatic nitrogens is 5. The molecular formula is C104H108F2N10O15. The van der Waals surface area contributed by atoms with E-state index in [1.165, 1.54) is 82.4 Å². The molecule has 9 aromatic carbocycles. The fourth-order valence-electron chi connectivity index (χ4n) is 12.3. The number of para-hydroxylation sites is 1. The average Bonchev–Trinajstić information content (AvgIpc) is 0.998. The molecule has 0 aliphatic rings. The molecule has 0 atom stereocenters. The Morgan fingerprint density at radius 3 is 1.05 bits per heavy atom. The highest BCUT2D eigenvalue weighted by molar-refractivity contribution is 6.07. The van der Waals surface area contributed by atoms with Crippen LogP contribution in [0.3, 0.4) is 0 Å². The molecule has 6 heterocycles. The van der Waals surface area contributed by atoms with Crippen molar-refractivity contribution >= 4 is 46.6 Å². The number of pyridine rings is 5. The van der Waals surface area contributed by atoms with Gasteiger partial charge in [0.25, 0.3) is 29.5 Å². The minimum atomic E-state index is -0.422. The number of ether oxygens (including phenoxy) is 6. The van der Waals surface area contributed by atoms with Gasteiger partial charge in [0.2, 0.25) is 0 Å². The number of nitrogens with zero attached hydrogens (tertiary/aromatic N) is 5. The molecule has 8 N–H and O–H groups in total. The molecule has 131 heavy (non-hydrogen) atoms. The van der Waals surface area contributed by atoms with E-state index in [1.54, 1.807) is 164 Å². The van der Waals surface area contributed by atoms with Crippen LogP contribution in [0.1, 0.15) is 117 Å². The number of methoxy groups -OCH3 is 6. The van der Waals surface area contributed by atoms with Gasteiger partial charge in [0.15, 0.2) is 34.5 Å². The summed E-state index contributed by atoms with van der Waals surface area (Å²) in [5, 5.41) is 43.2. The topological polar surface area (TPSA) is 339 Å². The Kier molecular flexibility index (Phi) is 39.8. The number of furan rings is 1. The number of anilines is 3. The normalized spacial score (nSPS) is 9.95. The summed E-state index contributed by atoms with van der Waals surface area (Å²) >= 11 is 0. The van der Waals surface area contributed by atoms with Crippen LogP contribution in [0.2, 0.25) is 0 Å². The standard InChI is InChI=1S/C21H20N2O3.2C20H17FN2O3.C20H18N2O3.C18H16N2O3.5CH4/c1-25-19-8-6-15(7-9-19)12-23-21(24)18-10-17(13-22-14-18)16-4-3-5-20(11-16)26-2;1-12-7-16(21)4-5-17(12)23-20(25)15-8-14(10-22-11-15)13-3-6-18(24)19(9-13)26-2;1-12-3-5-16(21)9-17(12)23-20(25)15-7-14(10-22-11-15)13-4-6-18(24)19(8-13)26-2;1-13-5-3-4-6-17(13)22-20(24)16-9-15(11-21-12-16)14-7-8-18(23)19(10-14)25-2;1-22-16-5-2-4-13(9-16)14-8-15(11-19-10-14)18(21)20-12-17-6-3-7-23-17;;;;;/h3-11,13-14H,12H2,1-2H3,(H,23,24);2*3-11,24H,1-2H3,(H,23,25);3-12,23H,1-2H3,(H,22,24);2-11H,12H2,1H3,(H,20,21);5*1H4. The molecule has 678 valence electrons. The third-order valence-corrected chi connectivity index (χ3v) is 19.2. The Balaban J connectivity index is 0.000000250. The highest BCUT2D eigenvalue weighted by Crippen LogP contribution is 2.36. The van der Waals surface area contributed by atoms with E-state index in [4.69, 9.17) is 32.8 Å². The van der Waals surface area contributed by atoms with Crippen molar-refractivity contribution in [2.24, 2.45) is 0 Å². The van der Waals surface area contributed by atoms with E-state index in [0.717, 1.165) is 84.1 Å². The Bertz CT molecular complexity index is 6320. The monoisotopic (exact) mass is 1770 g/mol. The first-order valence-corrected chi connectivity index (χ1v) is 38.9. The second kappa shape index (κ2) is 50.5. The second-order valence-electron chi connectivity index (χ2n) is 27.8. The van der Waals surface area contributed by atoms with E-state index in [-0.39, 0.29) is 83.8 Å². The van der Waals surface area contributed by atoms with Gasteiger partial charge in [0, 0.05) is 113 Å². The molecule has 0 aliphatic carbocycles. The summed E-state index contributed by atoms with van der Waals surface area (Å²) < 4.78 is 62.7. The largest absolute Gasteiger partial charge is 0.504 e. The first kappa shape index (κ1) is 103. The average molecular weight is 1780 g/mol. The number of halogens is 2. The van der Waals surface area contributed by atoms with Gasteiger partial charge in [-0.15, -0.1) is 0 Å². The quantitative estimate of drug-likeness (QED) is 0.0295. The fourth-order valence-corrected chi connectivity index (χ4v) is 12.3. The predicted octanol–water partition coefficient (Wildman–Crippen LogP) is 22.5. The summed E-state index contributed by atoms with van der Waals surface area (Å²) in [6, 6.07) is 65.9. The van der Waals surface area contributed by atoms with Crippen molar-refractivity contribution in [3.63, 3.8) is 0 Å². The van der Waals surface area contributed by atoms with Crippen LogP contribution in [0.4, 0.5) is 25.8 Å².